The summed E-state index contributed by atoms with van der Waals surface area (Å²) in [6.07, 6.45) is 16.8. The molecule has 0 aromatic carbocycles. The van der Waals surface area contributed by atoms with Crippen LogP contribution in [0.4, 0.5) is 0 Å². The Labute approximate surface area is 361 Å². The summed E-state index contributed by atoms with van der Waals surface area (Å²) >= 11 is 0. The molecule has 0 radical (unpaired) electrons. The van der Waals surface area contributed by atoms with E-state index in [1.807, 2.05) is 0 Å². The van der Waals surface area contributed by atoms with Crippen molar-refractivity contribution in [3.8, 4) is 0 Å². The molecule has 9 N–H and O–H groups in total. The van der Waals surface area contributed by atoms with Crippen LogP contribution in [0.2, 0.25) is 0 Å². The van der Waals surface area contributed by atoms with E-state index >= 15 is 0 Å². The maximum absolute atomic E-state index is 13.1. The van der Waals surface area contributed by atoms with E-state index in [4.69, 9.17) is 18.9 Å². The highest BCUT2D eigenvalue weighted by Crippen LogP contribution is 2.30. The fourth-order valence-corrected chi connectivity index (χ4v) is 7.99. The smallest absolute Gasteiger partial charge is 0.220 e. The first kappa shape index (κ1) is 54.9. The van der Waals surface area contributed by atoms with E-state index in [0.717, 1.165) is 51.4 Å². The summed E-state index contributed by atoms with van der Waals surface area (Å²) in [4.78, 5) is 13.1. The normalized spacial score (nSPS) is 28.3. The number of rotatable bonds is 36. The minimum absolute atomic E-state index is 0.213. The number of allylic oxidation sites excluding steroid dienone is 2. The Balaban J connectivity index is 1.78. The van der Waals surface area contributed by atoms with Gasteiger partial charge in [0, 0.05) is 6.42 Å². The first-order valence-electron chi connectivity index (χ1n) is 23.9. The molecule has 1 amide bonds. The van der Waals surface area contributed by atoms with Gasteiger partial charge >= 0.3 is 0 Å². The number of carbonyl (C=O) groups excluding carboxylic acids is 1. The number of ether oxygens (including phenoxy) is 4. The Hall–Kier alpha value is -1.27. The highest BCUT2D eigenvalue weighted by Gasteiger charge is 2.51. The van der Waals surface area contributed by atoms with Gasteiger partial charge in [0.1, 0.15) is 48.8 Å². The standard InChI is InChI=1S/C46H87NO13/c1-3-5-7-9-11-12-13-14-15-16-17-18-19-20-21-22-24-26-28-30-38(51)47-34(35(50)29-27-25-23-10-8-6-4-2)33-57-45-43(56)41(54)44(37(32-49)59-45)60-46-42(55)40(53)39(52)36(31-48)58-46/h14-15,34-37,39-46,48-50,52-56H,3-13,16-33H2,1-2H3,(H,47,51)/b15-14-. The molecule has 2 fully saturated rings. The van der Waals surface area contributed by atoms with Crippen LogP contribution in [0.5, 0.6) is 0 Å². The number of aliphatic hydroxyl groups excluding tert-OH is 8. The third kappa shape index (κ3) is 21.9. The van der Waals surface area contributed by atoms with Crippen LogP contribution in [0.1, 0.15) is 181 Å². The molecule has 0 bridgehead atoms. The SMILES string of the molecule is CCCCCCCC/C=C\CCCCCCCCCCCC(=O)NC(COC1OC(CO)C(OC2OC(CO)C(O)C(O)C2O)C(O)C1O)C(O)CCCCCCCCC. The number of nitrogens with one attached hydrogen (secondary N) is 1. The van der Waals surface area contributed by atoms with Crippen LogP contribution < -0.4 is 5.32 Å². The van der Waals surface area contributed by atoms with Crippen LogP contribution in [0, 0.1) is 0 Å². The Morgan fingerprint density at radius 3 is 1.58 bits per heavy atom. The largest absolute Gasteiger partial charge is 0.394 e. The quantitative estimate of drug-likeness (QED) is 0.0292. The molecule has 2 aliphatic heterocycles. The molecule has 0 spiro atoms. The number of aliphatic hydroxyl groups is 8. The lowest BCUT2D eigenvalue weighted by Gasteiger charge is -2.46. The molecule has 2 heterocycles. The number of carbonyl (C=O) groups is 1. The van der Waals surface area contributed by atoms with Crippen LogP contribution in [-0.2, 0) is 23.7 Å². The third-order valence-corrected chi connectivity index (χ3v) is 12.0. The lowest BCUT2D eigenvalue weighted by molar-refractivity contribution is -0.359. The summed E-state index contributed by atoms with van der Waals surface area (Å²) < 4.78 is 22.6. The van der Waals surface area contributed by atoms with E-state index in [9.17, 15) is 45.6 Å². The van der Waals surface area contributed by atoms with Crippen molar-refractivity contribution in [2.24, 2.45) is 0 Å². The van der Waals surface area contributed by atoms with Gasteiger partial charge in [-0.05, 0) is 38.5 Å². The van der Waals surface area contributed by atoms with Gasteiger partial charge in [-0.1, -0.05) is 148 Å². The number of amides is 1. The van der Waals surface area contributed by atoms with Crippen molar-refractivity contribution in [2.75, 3.05) is 19.8 Å². The van der Waals surface area contributed by atoms with Crippen molar-refractivity contribution in [1.82, 2.24) is 5.32 Å². The van der Waals surface area contributed by atoms with Crippen LogP contribution in [0.3, 0.4) is 0 Å². The molecule has 2 aliphatic rings. The summed E-state index contributed by atoms with van der Waals surface area (Å²) in [6.45, 7) is 2.78. The zero-order valence-electron chi connectivity index (χ0n) is 37.2. The molecule has 0 aromatic rings. The maximum atomic E-state index is 13.1. The van der Waals surface area contributed by atoms with E-state index in [2.05, 4.69) is 31.3 Å². The Morgan fingerprint density at radius 2 is 1.05 bits per heavy atom. The van der Waals surface area contributed by atoms with E-state index in [1.54, 1.807) is 0 Å². The first-order valence-corrected chi connectivity index (χ1v) is 23.9. The summed E-state index contributed by atoms with van der Waals surface area (Å²) in [5.41, 5.74) is 0. The van der Waals surface area contributed by atoms with E-state index in [1.165, 1.54) is 103 Å². The second-order valence-electron chi connectivity index (χ2n) is 17.2. The Morgan fingerprint density at radius 1 is 0.583 bits per heavy atom. The van der Waals surface area contributed by atoms with Crippen LogP contribution in [-0.4, -0.2) is 140 Å². The van der Waals surface area contributed by atoms with Crippen molar-refractivity contribution in [2.45, 2.75) is 254 Å². The minimum atomic E-state index is -1.78. The molecule has 2 saturated heterocycles. The fourth-order valence-electron chi connectivity index (χ4n) is 7.99. The zero-order valence-corrected chi connectivity index (χ0v) is 37.2. The molecule has 12 atom stereocenters. The van der Waals surface area contributed by atoms with Crippen LogP contribution in [0.15, 0.2) is 12.2 Å². The molecule has 0 saturated carbocycles. The predicted molar refractivity (Wildman–Crippen MR) is 231 cm³/mol. The van der Waals surface area contributed by atoms with Crippen LogP contribution >= 0.6 is 0 Å². The topological polar surface area (TPSA) is 228 Å². The highest BCUT2D eigenvalue weighted by atomic mass is 16.7. The van der Waals surface area contributed by atoms with Gasteiger partial charge in [0.25, 0.3) is 0 Å². The number of unbranched alkanes of at least 4 members (excludes halogenated alkanes) is 21. The molecular weight excluding hydrogens is 774 g/mol. The number of hydrogen-bond donors (Lipinski definition) is 9. The molecule has 14 nitrogen and oxygen atoms in total. The van der Waals surface area contributed by atoms with Gasteiger partial charge in [-0.15, -0.1) is 0 Å². The van der Waals surface area contributed by atoms with Gasteiger partial charge in [0.15, 0.2) is 12.6 Å². The van der Waals surface area contributed by atoms with Crippen molar-refractivity contribution in [1.29, 1.82) is 0 Å². The van der Waals surface area contributed by atoms with Crippen molar-refractivity contribution in [3.63, 3.8) is 0 Å². The molecular formula is C46H87NO13. The summed E-state index contributed by atoms with van der Waals surface area (Å²) in [6, 6.07) is -0.822. The second-order valence-corrected chi connectivity index (χ2v) is 17.2. The Bertz CT molecular complexity index is 1070. The lowest BCUT2D eigenvalue weighted by atomic mass is 9.97. The van der Waals surface area contributed by atoms with Crippen molar-refractivity contribution in [3.05, 3.63) is 12.2 Å². The van der Waals surface area contributed by atoms with Gasteiger partial charge in [-0.3, -0.25) is 4.79 Å². The molecule has 0 aliphatic carbocycles. The summed E-state index contributed by atoms with van der Waals surface area (Å²) in [5, 5.41) is 86.4. The number of hydrogen-bond acceptors (Lipinski definition) is 13. The first-order chi connectivity index (χ1) is 29.1. The molecule has 354 valence electrons. The summed E-state index contributed by atoms with van der Waals surface area (Å²) in [5.74, 6) is -0.213. The van der Waals surface area contributed by atoms with Gasteiger partial charge in [-0.2, -0.15) is 0 Å². The monoisotopic (exact) mass is 862 g/mol. The van der Waals surface area contributed by atoms with Crippen molar-refractivity contribution < 1.29 is 64.6 Å². The molecule has 2 rings (SSSR count). The van der Waals surface area contributed by atoms with Gasteiger partial charge in [0.05, 0.1) is 32.0 Å². The molecule has 60 heavy (non-hydrogen) atoms. The zero-order chi connectivity index (χ0) is 44.0. The summed E-state index contributed by atoms with van der Waals surface area (Å²) in [7, 11) is 0. The van der Waals surface area contributed by atoms with Crippen molar-refractivity contribution >= 4 is 5.91 Å². The van der Waals surface area contributed by atoms with E-state index in [0.29, 0.717) is 12.8 Å². The second kappa shape index (κ2) is 34.2. The van der Waals surface area contributed by atoms with Gasteiger partial charge in [-0.25, -0.2) is 0 Å². The fraction of sp³-hybridized carbons (Fsp3) is 0.935. The third-order valence-electron chi connectivity index (χ3n) is 12.0. The average molecular weight is 862 g/mol. The van der Waals surface area contributed by atoms with Crippen LogP contribution in [0.25, 0.3) is 0 Å². The highest BCUT2D eigenvalue weighted by molar-refractivity contribution is 5.76. The molecule has 0 aromatic heterocycles. The lowest BCUT2D eigenvalue weighted by Crippen LogP contribution is -2.65. The minimum Gasteiger partial charge on any atom is -0.394 e. The van der Waals surface area contributed by atoms with Gasteiger partial charge < -0.3 is 65.1 Å². The molecule has 14 heteroatoms. The van der Waals surface area contributed by atoms with E-state index < -0.39 is 86.8 Å². The van der Waals surface area contributed by atoms with E-state index in [-0.39, 0.29) is 12.5 Å². The maximum Gasteiger partial charge on any atom is 0.220 e. The van der Waals surface area contributed by atoms with Gasteiger partial charge in [0.2, 0.25) is 5.91 Å². The molecule has 12 unspecified atom stereocenters. The Kier molecular flexibility index (Phi) is 31.3. The predicted octanol–water partition coefficient (Wildman–Crippen LogP) is 5.21. The average Bonchev–Trinajstić information content (AvgIpc) is 3.24.